The highest BCUT2D eigenvalue weighted by Gasteiger charge is 2.10. The molecule has 0 amide bonds. The predicted molar refractivity (Wildman–Crippen MR) is 71.3 cm³/mol. The topological polar surface area (TPSA) is 51.6 Å². The second-order valence-corrected chi connectivity index (χ2v) is 4.95. The third-order valence-corrected chi connectivity index (χ3v) is 3.54. The van der Waals surface area contributed by atoms with Crippen molar-refractivity contribution in [3.63, 3.8) is 0 Å². The maximum atomic E-state index is 5.66. The van der Waals surface area contributed by atoms with Crippen LogP contribution < -0.4 is 5.73 Å². The van der Waals surface area contributed by atoms with Crippen molar-refractivity contribution in [2.75, 3.05) is 26.2 Å². The van der Waals surface area contributed by atoms with Gasteiger partial charge in [-0.1, -0.05) is 6.42 Å². The van der Waals surface area contributed by atoms with E-state index in [9.17, 15) is 0 Å². The zero-order chi connectivity index (χ0) is 12.8. The fourth-order valence-corrected chi connectivity index (χ4v) is 2.41. The number of hydrogen-bond acceptors (Lipinski definition) is 4. The molecule has 0 atom stereocenters. The molecule has 18 heavy (non-hydrogen) atoms. The second kappa shape index (κ2) is 6.92. The lowest BCUT2D eigenvalue weighted by Crippen LogP contribution is -2.32. The highest BCUT2D eigenvalue weighted by molar-refractivity contribution is 5.19. The molecule has 0 bridgehead atoms. The molecule has 4 heteroatoms. The van der Waals surface area contributed by atoms with E-state index in [4.69, 9.17) is 14.9 Å². The van der Waals surface area contributed by atoms with Crippen LogP contribution in [0.4, 0.5) is 0 Å². The van der Waals surface area contributed by atoms with Crippen molar-refractivity contribution in [2.45, 2.75) is 39.3 Å². The molecule has 0 aliphatic carbocycles. The highest BCUT2D eigenvalue weighted by Crippen LogP contribution is 2.14. The summed E-state index contributed by atoms with van der Waals surface area (Å²) in [7, 11) is 0. The standard InChI is InChI=1S/C14H24N2O2/c1-12-13(10-15)9-14(18-12)11-17-8-7-16-5-3-2-4-6-16/h9H,2-8,10-11,15H2,1H3. The summed E-state index contributed by atoms with van der Waals surface area (Å²) in [5.74, 6) is 1.79. The van der Waals surface area contributed by atoms with E-state index >= 15 is 0 Å². The van der Waals surface area contributed by atoms with E-state index < -0.39 is 0 Å². The van der Waals surface area contributed by atoms with Gasteiger partial charge in [0.15, 0.2) is 0 Å². The lowest BCUT2D eigenvalue weighted by molar-refractivity contribution is 0.0761. The minimum absolute atomic E-state index is 0.531. The number of piperidine rings is 1. The number of aryl methyl sites for hydroxylation is 1. The SMILES string of the molecule is Cc1oc(COCCN2CCCCC2)cc1CN. The Morgan fingerprint density at radius 3 is 2.78 bits per heavy atom. The molecule has 2 heterocycles. The smallest absolute Gasteiger partial charge is 0.130 e. The Labute approximate surface area is 109 Å². The van der Waals surface area contributed by atoms with Gasteiger partial charge in [-0.05, 0) is 38.9 Å². The van der Waals surface area contributed by atoms with Gasteiger partial charge in [0.05, 0.1) is 6.61 Å². The molecule has 0 aromatic carbocycles. The summed E-state index contributed by atoms with van der Waals surface area (Å²) in [5.41, 5.74) is 6.68. The number of furan rings is 1. The van der Waals surface area contributed by atoms with Crippen LogP contribution in [0.3, 0.4) is 0 Å². The van der Waals surface area contributed by atoms with Crippen molar-refractivity contribution < 1.29 is 9.15 Å². The number of ether oxygens (including phenoxy) is 1. The third kappa shape index (κ3) is 3.83. The van der Waals surface area contributed by atoms with Crippen molar-refractivity contribution in [3.8, 4) is 0 Å². The van der Waals surface area contributed by atoms with Crippen molar-refractivity contribution in [3.05, 3.63) is 23.2 Å². The molecule has 2 rings (SSSR count). The minimum Gasteiger partial charge on any atom is -0.464 e. The summed E-state index contributed by atoms with van der Waals surface area (Å²) in [6, 6.07) is 2.00. The Balaban J connectivity index is 1.65. The van der Waals surface area contributed by atoms with E-state index in [0.29, 0.717) is 13.2 Å². The summed E-state index contributed by atoms with van der Waals surface area (Å²) in [5, 5.41) is 0. The Kier molecular flexibility index (Phi) is 5.23. The molecule has 1 aliphatic heterocycles. The van der Waals surface area contributed by atoms with Gasteiger partial charge in [-0.25, -0.2) is 0 Å². The van der Waals surface area contributed by atoms with E-state index in [-0.39, 0.29) is 0 Å². The van der Waals surface area contributed by atoms with Gasteiger partial charge in [-0.3, -0.25) is 0 Å². The molecular weight excluding hydrogens is 228 g/mol. The van der Waals surface area contributed by atoms with Gasteiger partial charge >= 0.3 is 0 Å². The first-order valence-electron chi connectivity index (χ1n) is 6.88. The average molecular weight is 252 g/mol. The fraction of sp³-hybridized carbons (Fsp3) is 0.714. The Bertz CT molecular complexity index is 357. The van der Waals surface area contributed by atoms with Crippen molar-refractivity contribution in [2.24, 2.45) is 5.73 Å². The van der Waals surface area contributed by atoms with Gasteiger partial charge < -0.3 is 19.8 Å². The van der Waals surface area contributed by atoms with Crippen LogP contribution in [0.1, 0.15) is 36.3 Å². The van der Waals surface area contributed by atoms with Gasteiger partial charge in [0.25, 0.3) is 0 Å². The molecule has 0 unspecified atom stereocenters. The molecule has 2 N–H and O–H groups in total. The summed E-state index contributed by atoms with van der Waals surface area (Å²) in [4.78, 5) is 2.47. The van der Waals surface area contributed by atoms with Crippen LogP contribution >= 0.6 is 0 Å². The molecule has 1 aromatic heterocycles. The molecule has 0 radical (unpaired) electrons. The summed E-state index contributed by atoms with van der Waals surface area (Å²) >= 11 is 0. The lowest BCUT2D eigenvalue weighted by Gasteiger charge is -2.25. The van der Waals surface area contributed by atoms with E-state index in [1.807, 2.05) is 13.0 Å². The molecule has 1 saturated heterocycles. The Hall–Kier alpha value is -0.840. The van der Waals surface area contributed by atoms with E-state index in [1.54, 1.807) is 0 Å². The van der Waals surface area contributed by atoms with E-state index in [1.165, 1.54) is 32.4 Å². The van der Waals surface area contributed by atoms with Gasteiger partial charge in [0, 0.05) is 18.7 Å². The first-order chi connectivity index (χ1) is 8.79. The quantitative estimate of drug-likeness (QED) is 0.787. The first kappa shape index (κ1) is 13.6. The first-order valence-corrected chi connectivity index (χ1v) is 6.88. The van der Waals surface area contributed by atoms with Crippen molar-refractivity contribution in [1.82, 2.24) is 4.90 Å². The van der Waals surface area contributed by atoms with Gasteiger partial charge in [-0.15, -0.1) is 0 Å². The molecule has 102 valence electrons. The highest BCUT2D eigenvalue weighted by atomic mass is 16.5. The van der Waals surface area contributed by atoms with Crippen LogP contribution in [0.2, 0.25) is 0 Å². The number of nitrogens with zero attached hydrogens (tertiary/aromatic N) is 1. The summed E-state index contributed by atoms with van der Waals surface area (Å²) in [6.45, 7) is 7.28. The molecule has 0 spiro atoms. The third-order valence-electron chi connectivity index (χ3n) is 3.54. The largest absolute Gasteiger partial charge is 0.464 e. The van der Waals surface area contributed by atoms with Crippen LogP contribution in [-0.2, 0) is 17.9 Å². The lowest BCUT2D eigenvalue weighted by atomic mass is 10.1. The molecule has 1 aromatic rings. The maximum Gasteiger partial charge on any atom is 0.130 e. The zero-order valence-electron chi connectivity index (χ0n) is 11.3. The van der Waals surface area contributed by atoms with Crippen molar-refractivity contribution in [1.29, 1.82) is 0 Å². The minimum atomic E-state index is 0.531. The summed E-state index contributed by atoms with van der Waals surface area (Å²) < 4.78 is 11.2. The monoisotopic (exact) mass is 252 g/mol. The van der Waals surface area contributed by atoms with Crippen LogP contribution in [-0.4, -0.2) is 31.1 Å². The van der Waals surface area contributed by atoms with E-state index in [0.717, 1.165) is 30.2 Å². The number of hydrogen-bond donors (Lipinski definition) is 1. The Morgan fingerprint density at radius 2 is 2.11 bits per heavy atom. The van der Waals surface area contributed by atoms with Crippen molar-refractivity contribution >= 4 is 0 Å². The molecule has 4 nitrogen and oxygen atoms in total. The van der Waals surface area contributed by atoms with Crippen LogP contribution in [0.25, 0.3) is 0 Å². The van der Waals surface area contributed by atoms with Gasteiger partial charge in [0.2, 0.25) is 0 Å². The van der Waals surface area contributed by atoms with Crippen LogP contribution in [0, 0.1) is 6.92 Å². The Morgan fingerprint density at radius 1 is 1.33 bits per heavy atom. The van der Waals surface area contributed by atoms with Crippen LogP contribution in [0.5, 0.6) is 0 Å². The zero-order valence-corrected chi connectivity index (χ0v) is 11.3. The maximum absolute atomic E-state index is 5.66. The predicted octanol–water partition coefficient (Wildman–Crippen LogP) is 2.05. The number of rotatable bonds is 6. The fourth-order valence-electron chi connectivity index (χ4n) is 2.41. The van der Waals surface area contributed by atoms with Crippen LogP contribution in [0.15, 0.2) is 10.5 Å². The number of likely N-dealkylation sites (tertiary alicyclic amines) is 1. The van der Waals surface area contributed by atoms with Gasteiger partial charge in [-0.2, -0.15) is 0 Å². The van der Waals surface area contributed by atoms with Gasteiger partial charge in [0.1, 0.15) is 18.1 Å². The van der Waals surface area contributed by atoms with E-state index in [2.05, 4.69) is 4.90 Å². The number of nitrogens with two attached hydrogens (primary N) is 1. The average Bonchev–Trinajstić information content (AvgIpc) is 2.76. The second-order valence-electron chi connectivity index (χ2n) is 4.95. The molecule has 1 aliphatic rings. The normalized spacial score (nSPS) is 17.2. The molecular formula is C14H24N2O2. The molecule has 0 saturated carbocycles. The summed E-state index contributed by atoms with van der Waals surface area (Å²) in [6.07, 6.45) is 4.04. The molecule has 1 fully saturated rings.